The van der Waals surface area contributed by atoms with Crippen molar-refractivity contribution in [2.45, 2.75) is 19.5 Å². The Morgan fingerprint density at radius 2 is 2.09 bits per heavy atom. The summed E-state index contributed by atoms with van der Waals surface area (Å²) in [6.45, 7) is 4.02. The van der Waals surface area contributed by atoms with E-state index in [1.54, 1.807) is 12.5 Å². The molecule has 3 rings (SSSR count). The van der Waals surface area contributed by atoms with Gasteiger partial charge in [0, 0.05) is 43.0 Å². The van der Waals surface area contributed by atoms with Crippen LogP contribution in [-0.4, -0.2) is 41.0 Å². The third kappa shape index (κ3) is 2.92. The molecule has 2 aromatic rings. The van der Waals surface area contributed by atoms with Crippen molar-refractivity contribution in [1.82, 2.24) is 14.9 Å². The number of hydrogen-bond donors (Lipinski definition) is 0. The van der Waals surface area contributed by atoms with Crippen molar-refractivity contribution in [2.75, 3.05) is 25.0 Å². The maximum atomic E-state index is 13.7. The highest BCUT2D eigenvalue weighted by molar-refractivity contribution is 5.47. The molecule has 0 N–H and O–H groups in total. The summed E-state index contributed by atoms with van der Waals surface area (Å²) in [7, 11) is 1.93. The van der Waals surface area contributed by atoms with E-state index in [-0.39, 0.29) is 5.82 Å². The zero-order chi connectivity index (χ0) is 15.7. The Kier molecular flexibility index (Phi) is 4.02. The van der Waals surface area contributed by atoms with Gasteiger partial charge in [-0.1, -0.05) is 0 Å². The van der Waals surface area contributed by atoms with Crippen molar-refractivity contribution >= 4 is 5.82 Å². The van der Waals surface area contributed by atoms with Gasteiger partial charge in [0.25, 0.3) is 0 Å². The maximum absolute atomic E-state index is 13.7. The SMILES string of the molecule is Cc1cncnc1N1CC(N(C)Cc2cc(F)ccc2F)C1. The van der Waals surface area contributed by atoms with Crippen LogP contribution in [0.25, 0.3) is 0 Å². The van der Waals surface area contributed by atoms with E-state index in [1.165, 1.54) is 12.1 Å². The largest absolute Gasteiger partial charge is 0.353 e. The molecule has 1 aromatic carbocycles. The second-order valence-electron chi connectivity index (χ2n) is 5.74. The monoisotopic (exact) mass is 304 g/mol. The fraction of sp³-hybridized carbons (Fsp3) is 0.375. The number of benzene rings is 1. The Morgan fingerprint density at radius 3 is 2.82 bits per heavy atom. The van der Waals surface area contributed by atoms with Gasteiger partial charge in [0.2, 0.25) is 0 Å². The summed E-state index contributed by atoms with van der Waals surface area (Å²) in [6, 6.07) is 3.88. The van der Waals surface area contributed by atoms with Crippen molar-refractivity contribution in [1.29, 1.82) is 0 Å². The first kappa shape index (κ1) is 14.8. The number of rotatable bonds is 4. The Morgan fingerprint density at radius 1 is 1.32 bits per heavy atom. The Balaban J connectivity index is 1.61. The van der Waals surface area contributed by atoms with Gasteiger partial charge in [0.15, 0.2) is 0 Å². The molecule has 0 radical (unpaired) electrons. The molecule has 116 valence electrons. The van der Waals surface area contributed by atoms with Gasteiger partial charge in [-0.25, -0.2) is 18.7 Å². The summed E-state index contributed by atoms with van der Waals surface area (Å²) in [4.78, 5) is 12.5. The maximum Gasteiger partial charge on any atom is 0.134 e. The van der Waals surface area contributed by atoms with Gasteiger partial charge in [-0.2, -0.15) is 0 Å². The minimum absolute atomic E-state index is 0.303. The van der Waals surface area contributed by atoms with E-state index in [0.29, 0.717) is 18.2 Å². The predicted octanol–water partition coefficient (Wildman–Crippen LogP) is 2.38. The first-order valence-corrected chi connectivity index (χ1v) is 7.20. The van der Waals surface area contributed by atoms with E-state index in [4.69, 9.17) is 0 Å². The van der Waals surface area contributed by atoms with Crippen molar-refractivity contribution in [3.8, 4) is 0 Å². The molecule has 1 aliphatic heterocycles. The van der Waals surface area contributed by atoms with E-state index in [1.807, 2.05) is 18.9 Å². The lowest BCUT2D eigenvalue weighted by Crippen LogP contribution is -2.58. The van der Waals surface area contributed by atoms with Crippen LogP contribution in [0.5, 0.6) is 0 Å². The minimum atomic E-state index is -0.406. The number of aromatic nitrogens is 2. The van der Waals surface area contributed by atoms with Gasteiger partial charge in [-0.3, -0.25) is 4.90 Å². The first-order chi connectivity index (χ1) is 10.5. The number of anilines is 1. The molecular weight excluding hydrogens is 286 g/mol. The van der Waals surface area contributed by atoms with Gasteiger partial charge < -0.3 is 4.90 Å². The average Bonchev–Trinajstić information content (AvgIpc) is 2.43. The van der Waals surface area contributed by atoms with Crippen molar-refractivity contribution in [2.24, 2.45) is 0 Å². The minimum Gasteiger partial charge on any atom is -0.353 e. The lowest BCUT2D eigenvalue weighted by Gasteiger charge is -2.45. The van der Waals surface area contributed by atoms with Crippen LogP contribution in [0.3, 0.4) is 0 Å². The molecule has 2 heterocycles. The summed E-state index contributed by atoms with van der Waals surface area (Å²) in [5.74, 6) is 0.171. The Labute approximate surface area is 128 Å². The second-order valence-corrected chi connectivity index (χ2v) is 5.74. The van der Waals surface area contributed by atoms with Gasteiger partial charge in [-0.15, -0.1) is 0 Å². The average molecular weight is 304 g/mol. The molecule has 4 nitrogen and oxygen atoms in total. The van der Waals surface area contributed by atoms with Crippen LogP contribution in [0, 0.1) is 18.6 Å². The molecule has 1 saturated heterocycles. The first-order valence-electron chi connectivity index (χ1n) is 7.20. The lowest BCUT2D eigenvalue weighted by molar-refractivity contribution is 0.194. The number of halogens is 2. The molecule has 1 fully saturated rings. The number of hydrogen-bond acceptors (Lipinski definition) is 4. The molecular formula is C16H18F2N4. The van der Waals surface area contributed by atoms with Crippen LogP contribution in [0.2, 0.25) is 0 Å². The van der Waals surface area contributed by atoms with E-state index >= 15 is 0 Å². The van der Waals surface area contributed by atoms with Crippen LogP contribution < -0.4 is 4.90 Å². The summed E-state index contributed by atoms with van der Waals surface area (Å²) in [5, 5.41) is 0. The molecule has 0 bridgehead atoms. The second kappa shape index (κ2) is 5.96. The zero-order valence-electron chi connectivity index (χ0n) is 12.6. The molecule has 0 saturated carbocycles. The fourth-order valence-corrected chi connectivity index (χ4v) is 2.69. The molecule has 1 aromatic heterocycles. The van der Waals surface area contributed by atoms with E-state index in [2.05, 4.69) is 14.9 Å². The molecule has 0 atom stereocenters. The predicted molar refractivity (Wildman–Crippen MR) is 80.6 cm³/mol. The zero-order valence-corrected chi connectivity index (χ0v) is 12.6. The number of likely N-dealkylation sites (N-methyl/N-ethyl adjacent to an activating group) is 1. The summed E-state index contributed by atoms with van der Waals surface area (Å²) < 4.78 is 26.9. The van der Waals surface area contributed by atoms with Crippen LogP contribution in [-0.2, 0) is 6.54 Å². The lowest BCUT2D eigenvalue weighted by atomic mass is 10.1. The summed E-state index contributed by atoms with van der Waals surface area (Å²) in [5.41, 5.74) is 1.43. The van der Waals surface area contributed by atoms with Crippen LogP contribution in [0.4, 0.5) is 14.6 Å². The highest BCUT2D eigenvalue weighted by Gasteiger charge is 2.31. The van der Waals surface area contributed by atoms with Gasteiger partial charge in [0.1, 0.15) is 23.8 Å². The van der Waals surface area contributed by atoms with E-state index in [0.717, 1.165) is 30.5 Å². The topological polar surface area (TPSA) is 32.3 Å². The smallest absolute Gasteiger partial charge is 0.134 e. The number of aryl methyl sites for hydroxylation is 1. The molecule has 0 spiro atoms. The van der Waals surface area contributed by atoms with E-state index in [9.17, 15) is 8.78 Å². The standard InChI is InChI=1S/C16H18F2N4/c1-11-6-19-10-20-16(11)22-8-14(9-22)21(2)7-12-5-13(17)3-4-15(12)18/h3-6,10,14H,7-9H2,1-2H3. The Hall–Kier alpha value is -2.08. The summed E-state index contributed by atoms with van der Waals surface area (Å²) in [6.07, 6.45) is 3.34. The van der Waals surface area contributed by atoms with Crippen molar-refractivity contribution in [3.05, 3.63) is 53.5 Å². The Bertz CT molecular complexity index is 671. The molecule has 0 aliphatic carbocycles. The van der Waals surface area contributed by atoms with Crippen molar-refractivity contribution < 1.29 is 8.78 Å². The molecule has 6 heteroatoms. The molecule has 1 aliphatic rings. The molecule has 0 unspecified atom stereocenters. The van der Waals surface area contributed by atoms with E-state index < -0.39 is 5.82 Å². The van der Waals surface area contributed by atoms with Gasteiger partial charge in [-0.05, 0) is 32.2 Å². The number of nitrogens with zero attached hydrogens (tertiary/aromatic N) is 4. The van der Waals surface area contributed by atoms with Crippen LogP contribution in [0.1, 0.15) is 11.1 Å². The highest BCUT2D eigenvalue weighted by Crippen LogP contribution is 2.24. The quantitative estimate of drug-likeness (QED) is 0.868. The van der Waals surface area contributed by atoms with Gasteiger partial charge >= 0.3 is 0 Å². The third-order valence-electron chi connectivity index (χ3n) is 4.08. The van der Waals surface area contributed by atoms with Crippen molar-refractivity contribution in [3.63, 3.8) is 0 Å². The van der Waals surface area contributed by atoms with Crippen LogP contribution in [0.15, 0.2) is 30.7 Å². The normalized spacial score (nSPS) is 15.2. The molecule has 0 amide bonds. The fourth-order valence-electron chi connectivity index (χ4n) is 2.69. The third-order valence-corrected chi connectivity index (χ3v) is 4.08. The van der Waals surface area contributed by atoms with Crippen LogP contribution >= 0.6 is 0 Å². The molecule has 22 heavy (non-hydrogen) atoms. The highest BCUT2D eigenvalue weighted by atomic mass is 19.1. The summed E-state index contributed by atoms with van der Waals surface area (Å²) >= 11 is 0. The van der Waals surface area contributed by atoms with Gasteiger partial charge in [0.05, 0.1) is 0 Å².